The molecule has 1 heterocycles. The van der Waals surface area contributed by atoms with E-state index in [1.54, 1.807) is 0 Å². The standard InChI is InChI=1S/C17H25N3S/c18-16(20-9-11-21-12-10-20)19-14-17(7-4-8-17)13-15-5-2-1-3-6-15/h1-3,5-6H,4,7-14H2,(H2,18,19). The molecule has 114 valence electrons. The van der Waals surface area contributed by atoms with Gasteiger partial charge in [-0.3, -0.25) is 4.99 Å². The zero-order chi connectivity index (χ0) is 14.5. The Hall–Kier alpha value is -1.16. The molecule has 3 nitrogen and oxygen atoms in total. The van der Waals surface area contributed by atoms with Gasteiger partial charge < -0.3 is 10.6 Å². The number of thioether (sulfide) groups is 1. The van der Waals surface area contributed by atoms with E-state index in [9.17, 15) is 0 Å². The van der Waals surface area contributed by atoms with Crippen LogP contribution in [0.25, 0.3) is 0 Å². The highest BCUT2D eigenvalue weighted by molar-refractivity contribution is 7.99. The summed E-state index contributed by atoms with van der Waals surface area (Å²) in [5.74, 6) is 3.10. The first-order valence-electron chi connectivity index (χ1n) is 7.94. The minimum absolute atomic E-state index is 0.358. The summed E-state index contributed by atoms with van der Waals surface area (Å²) in [5, 5.41) is 0. The zero-order valence-corrected chi connectivity index (χ0v) is 13.4. The van der Waals surface area contributed by atoms with Crippen LogP contribution in [0.2, 0.25) is 0 Å². The van der Waals surface area contributed by atoms with Crippen molar-refractivity contribution < 1.29 is 0 Å². The molecule has 0 atom stereocenters. The van der Waals surface area contributed by atoms with Gasteiger partial charge in [-0.2, -0.15) is 11.8 Å². The molecule has 1 aromatic rings. The third-order valence-corrected chi connectivity index (χ3v) is 5.69. The normalized spacial score (nSPS) is 21.9. The second-order valence-electron chi connectivity index (χ2n) is 6.29. The smallest absolute Gasteiger partial charge is 0.191 e. The van der Waals surface area contributed by atoms with E-state index < -0.39 is 0 Å². The largest absolute Gasteiger partial charge is 0.370 e. The summed E-state index contributed by atoms with van der Waals surface area (Å²) in [7, 11) is 0. The van der Waals surface area contributed by atoms with Gasteiger partial charge in [-0.25, -0.2) is 0 Å². The SMILES string of the molecule is NC(=NCC1(Cc2ccccc2)CCC1)N1CCSCC1. The minimum atomic E-state index is 0.358. The summed E-state index contributed by atoms with van der Waals surface area (Å²) >= 11 is 2.00. The van der Waals surface area contributed by atoms with Crippen molar-refractivity contribution in [2.24, 2.45) is 16.1 Å². The van der Waals surface area contributed by atoms with Crippen LogP contribution < -0.4 is 5.73 Å². The summed E-state index contributed by atoms with van der Waals surface area (Å²) in [4.78, 5) is 6.99. The van der Waals surface area contributed by atoms with Crippen LogP contribution >= 0.6 is 11.8 Å². The molecular formula is C17H25N3S. The molecule has 0 unspecified atom stereocenters. The summed E-state index contributed by atoms with van der Waals surface area (Å²) in [5.41, 5.74) is 7.98. The molecule has 1 saturated heterocycles. The van der Waals surface area contributed by atoms with Crippen molar-refractivity contribution >= 4 is 17.7 Å². The average molecular weight is 303 g/mol. The molecule has 0 amide bonds. The predicted molar refractivity (Wildman–Crippen MR) is 91.8 cm³/mol. The maximum Gasteiger partial charge on any atom is 0.191 e. The summed E-state index contributed by atoms with van der Waals surface area (Å²) in [6.45, 7) is 2.98. The summed E-state index contributed by atoms with van der Waals surface area (Å²) < 4.78 is 0. The Balaban J connectivity index is 1.61. The molecule has 0 aromatic heterocycles. The third-order valence-electron chi connectivity index (χ3n) is 4.75. The number of hydrogen-bond acceptors (Lipinski definition) is 2. The first kappa shape index (κ1) is 14.8. The molecule has 0 radical (unpaired) electrons. The molecule has 0 bridgehead atoms. The van der Waals surface area contributed by atoms with Crippen LogP contribution in [0.4, 0.5) is 0 Å². The molecule has 2 N–H and O–H groups in total. The Bertz CT molecular complexity index is 476. The maximum atomic E-state index is 6.19. The Morgan fingerprint density at radius 3 is 2.52 bits per heavy atom. The second-order valence-corrected chi connectivity index (χ2v) is 7.51. The van der Waals surface area contributed by atoms with E-state index in [1.807, 2.05) is 11.8 Å². The average Bonchev–Trinajstić information content (AvgIpc) is 2.51. The van der Waals surface area contributed by atoms with E-state index in [0.29, 0.717) is 5.41 Å². The van der Waals surface area contributed by atoms with Crippen LogP contribution in [0.5, 0.6) is 0 Å². The van der Waals surface area contributed by atoms with Crippen LogP contribution in [-0.4, -0.2) is 42.0 Å². The van der Waals surface area contributed by atoms with Gasteiger partial charge in [0, 0.05) is 31.1 Å². The first-order chi connectivity index (χ1) is 10.3. The lowest BCUT2D eigenvalue weighted by molar-refractivity contribution is 0.145. The lowest BCUT2D eigenvalue weighted by atomic mass is 9.65. The number of nitrogens with zero attached hydrogens (tertiary/aromatic N) is 2. The van der Waals surface area contributed by atoms with E-state index in [1.165, 1.54) is 36.3 Å². The van der Waals surface area contributed by atoms with Crippen molar-refractivity contribution in [2.45, 2.75) is 25.7 Å². The number of rotatable bonds is 4. The molecule has 2 fully saturated rings. The highest BCUT2D eigenvalue weighted by atomic mass is 32.2. The summed E-state index contributed by atoms with van der Waals surface area (Å²) in [6, 6.07) is 10.8. The number of nitrogens with two attached hydrogens (primary N) is 1. The van der Waals surface area contributed by atoms with Gasteiger partial charge in [-0.05, 0) is 30.2 Å². The highest BCUT2D eigenvalue weighted by Crippen LogP contribution is 2.44. The van der Waals surface area contributed by atoms with E-state index in [2.05, 4.69) is 35.2 Å². The van der Waals surface area contributed by atoms with Gasteiger partial charge in [0.05, 0.1) is 0 Å². The highest BCUT2D eigenvalue weighted by Gasteiger charge is 2.36. The monoisotopic (exact) mass is 303 g/mol. The molecule has 1 aromatic carbocycles. The maximum absolute atomic E-state index is 6.19. The lowest BCUT2D eigenvalue weighted by Crippen LogP contribution is -2.44. The lowest BCUT2D eigenvalue weighted by Gasteiger charge is -2.41. The van der Waals surface area contributed by atoms with Gasteiger partial charge in [0.2, 0.25) is 0 Å². The van der Waals surface area contributed by atoms with Crippen molar-refractivity contribution in [3.05, 3.63) is 35.9 Å². The fourth-order valence-corrected chi connectivity index (χ4v) is 4.14. The second kappa shape index (κ2) is 6.73. The quantitative estimate of drug-likeness (QED) is 0.687. The third kappa shape index (κ3) is 3.73. The van der Waals surface area contributed by atoms with E-state index in [0.717, 1.165) is 32.0 Å². The Labute approximate surface area is 132 Å². The van der Waals surface area contributed by atoms with Crippen molar-refractivity contribution in [1.82, 2.24) is 4.90 Å². The molecular weight excluding hydrogens is 278 g/mol. The van der Waals surface area contributed by atoms with Crippen molar-refractivity contribution in [2.75, 3.05) is 31.1 Å². The van der Waals surface area contributed by atoms with Crippen molar-refractivity contribution in [3.63, 3.8) is 0 Å². The number of aliphatic imine (C=N–C) groups is 1. The first-order valence-corrected chi connectivity index (χ1v) is 9.10. The van der Waals surface area contributed by atoms with Crippen LogP contribution in [0.15, 0.2) is 35.3 Å². The molecule has 0 spiro atoms. The van der Waals surface area contributed by atoms with Gasteiger partial charge in [-0.1, -0.05) is 36.8 Å². The Morgan fingerprint density at radius 1 is 1.19 bits per heavy atom. The molecule has 1 aliphatic carbocycles. The Kier molecular flexibility index (Phi) is 4.73. The number of guanidine groups is 1. The van der Waals surface area contributed by atoms with Crippen LogP contribution in [-0.2, 0) is 6.42 Å². The topological polar surface area (TPSA) is 41.6 Å². The molecule has 1 aliphatic heterocycles. The van der Waals surface area contributed by atoms with Crippen LogP contribution in [0.3, 0.4) is 0 Å². The molecule has 21 heavy (non-hydrogen) atoms. The minimum Gasteiger partial charge on any atom is -0.370 e. The van der Waals surface area contributed by atoms with Gasteiger partial charge in [0.15, 0.2) is 5.96 Å². The van der Waals surface area contributed by atoms with Gasteiger partial charge in [-0.15, -0.1) is 0 Å². The van der Waals surface area contributed by atoms with E-state index >= 15 is 0 Å². The molecule has 1 saturated carbocycles. The van der Waals surface area contributed by atoms with Gasteiger partial charge >= 0.3 is 0 Å². The van der Waals surface area contributed by atoms with Crippen molar-refractivity contribution in [3.8, 4) is 0 Å². The fourth-order valence-electron chi connectivity index (χ4n) is 3.24. The van der Waals surface area contributed by atoms with Crippen LogP contribution in [0.1, 0.15) is 24.8 Å². The van der Waals surface area contributed by atoms with E-state index in [4.69, 9.17) is 10.7 Å². The summed E-state index contributed by atoms with van der Waals surface area (Å²) in [6.07, 6.45) is 5.05. The number of benzene rings is 1. The zero-order valence-electron chi connectivity index (χ0n) is 12.6. The van der Waals surface area contributed by atoms with Gasteiger partial charge in [0.1, 0.15) is 0 Å². The Morgan fingerprint density at radius 2 is 1.90 bits per heavy atom. The number of hydrogen-bond donors (Lipinski definition) is 1. The van der Waals surface area contributed by atoms with Crippen molar-refractivity contribution in [1.29, 1.82) is 0 Å². The molecule has 4 heteroatoms. The van der Waals surface area contributed by atoms with E-state index in [-0.39, 0.29) is 0 Å². The molecule has 2 aliphatic rings. The van der Waals surface area contributed by atoms with Gasteiger partial charge in [0.25, 0.3) is 0 Å². The predicted octanol–water partition coefficient (Wildman–Crippen LogP) is 2.76. The molecule has 3 rings (SSSR count). The fraction of sp³-hybridized carbons (Fsp3) is 0.588. The van der Waals surface area contributed by atoms with Crippen LogP contribution in [0, 0.1) is 5.41 Å².